The minimum atomic E-state index is -4.79. The number of alkyl halides is 3. The number of fused-ring (bicyclic) bond motifs is 1. The van der Waals surface area contributed by atoms with E-state index in [0.717, 1.165) is 12.1 Å². The predicted octanol–water partition coefficient (Wildman–Crippen LogP) is 3.92. The Morgan fingerprint density at radius 1 is 1.18 bits per heavy atom. The zero-order valence-corrected chi connectivity index (χ0v) is 17.6. The van der Waals surface area contributed by atoms with Crippen LogP contribution in [0.5, 0.6) is 5.75 Å². The van der Waals surface area contributed by atoms with Gasteiger partial charge in [0.1, 0.15) is 11.3 Å². The summed E-state index contributed by atoms with van der Waals surface area (Å²) < 4.78 is 47.5. The summed E-state index contributed by atoms with van der Waals surface area (Å²) in [6, 6.07) is 11.4. The summed E-state index contributed by atoms with van der Waals surface area (Å²) >= 11 is 1.22. The smallest absolute Gasteiger partial charge is 0.423 e. The zero-order chi connectivity index (χ0) is 23.6. The van der Waals surface area contributed by atoms with Crippen molar-refractivity contribution in [2.75, 3.05) is 5.32 Å². The minimum absolute atomic E-state index is 0.256. The van der Waals surface area contributed by atoms with Gasteiger partial charge in [0.2, 0.25) is 11.1 Å². The number of anilines is 1. The maximum absolute atomic E-state index is 12.3. The van der Waals surface area contributed by atoms with Gasteiger partial charge >= 0.3 is 12.0 Å². The lowest BCUT2D eigenvalue weighted by Gasteiger charge is -2.10. The summed E-state index contributed by atoms with van der Waals surface area (Å²) in [5.74, 6) is -0.320. The van der Waals surface area contributed by atoms with Crippen LogP contribution in [0.4, 0.5) is 18.9 Å². The van der Waals surface area contributed by atoms with Gasteiger partial charge in [0.25, 0.3) is 0 Å². The van der Waals surface area contributed by atoms with Crippen LogP contribution in [0, 0.1) is 0 Å². The quantitative estimate of drug-likeness (QED) is 0.329. The molecule has 13 heteroatoms. The molecule has 0 spiro atoms. The van der Waals surface area contributed by atoms with Crippen LogP contribution in [0.15, 0.2) is 62.9 Å². The molecule has 0 atom stereocenters. The number of halogens is 3. The molecule has 0 bridgehead atoms. The molecule has 2 aromatic heterocycles. The monoisotopic (exact) mass is 477 g/mol. The molecule has 0 fully saturated rings. The number of nitrogens with zero attached hydrogens (tertiary/aromatic N) is 4. The number of ether oxygens (including phenoxy) is 1. The van der Waals surface area contributed by atoms with Gasteiger partial charge in [-0.05, 0) is 52.4 Å². The third kappa shape index (κ3) is 5.49. The number of amides is 1. The molecule has 0 unspecified atom stereocenters. The summed E-state index contributed by atoms with van der Waals surface area (Å²) in [4.78, 5) is 23.3. The van der Waals surface area contributed by atoms with E-state index in [4.69, 9.17) is 4.42 Å². The van der Waals surface area contributed by atoms with Crippen molar-refractivity contribution in [3.05, 3.63) is 64.5 Å². The lowest BCUT2D eigenvalue weighted by Crippen LogP contribution is -2.17. The maximum Gasteiger partial charge on any atom is 0.573 e. The number of hydrogen-bond donors (Lipinski definition) is 1. The lowest BCUT2D eigenvalue weighted by atomic mass is 10.1. The highest BCUT2D eigenvalue weighted by Gasteiger charge is 2.31. The Hall–Kier alpha value is -3.87. The molecule has 2 aromatic carbocycles. The summed E-state index contributed by atoms with van der Waals surface area (Å²) in [5, 5.41) is 15.1. The van der Waals surface area contributed by atoms with E-state index in [2.05, 4.69) is 25.6 Å². The molecule has 0 aliphatic rings. The number of aromatic nitrogens is 4. The second-order valence-corrected chi connectivity index (χ2v) is 7.63. The molecule has 2 heterocycles. The molecule has 170 valence electrons. The van der Waals surface area contributed by atoms with Gasteiger partial charge in [0.05, 0.1) is 5.69 Å². The van der Waals surface area contributed by atoms with Crippen LogP contribution in [0.1, 0.15) is 12.5 Å². The first-order chi connectivity index (χ1) is 15.7. The number of carbonyl (C=O) groups is 1. The third-order valence-electron chi connectivity index (χ3n) is 4.26. The molecule has 4 rings (SSSR count). The van der Waals surface area contributed by atoms with Gasteiger partial charge in [-0.2, -0.15) is 4.68 Å². The average Bonchev–Trinajstić information content (AvgIpc) is 3.19. The van der Waals surface area contributed by atoms with Crippen LogP contribution in [0.3, 0.4) is 0 Å². The van der Waals surface area contributed by atoms with Crippen molar-refractivity contribution >= 4 is 34.3 Å². The number of tetrazole rings is 1. The van der Waals surface area contributed by atoms with Crippen LogP contribution in [-0.4, -0.2) is 32.5 Å². The first kappa shape index (κ1) is 22.3. The summed E-state index contributed by atoms with van der Waals surface area (Å²) in [6.07, 6.45) is -4.79. The fourth-order valence-corrected chi connectivity index (χ4v) is 3.87. The average molecular weight is 477 g/mol. The third-order valence-corrected chi connectivity index (χ3v) is 5.23. The number of benzene rings is 2. The van der Waals surface area contributed by atoms with E-state index in [9.17, 15) is 22.8 Å². The number of carbonyl (C=O) groups excluding carboxylic acids is 1. The molecule has 0 radical (unpaired) electrons. The first-order valence-electron chi connectivity index (χ1n) is 9.30. The number of hydrogen-bond acceptors (Lipinski definition) is 8. The molecule has 1 N–H and O–H groups in total. The second kappa shape index (κ2) is 8.94. The Morgan fingerprint density at radius 2 is 1.94 bits per heavy atom. The van der Waals surface area contributed by atoms with Gasteiger partial charge in [-0.25, -0.2) is 4.79 Å². The van der Waals surface area contributed by atoms with Crippen LogP contribution >= 0.6 is 11.8 Å². The Labute approximate surface area is 187 Å². The minimum Gasteiger partial charge on any atom is -0.423 e. The van der Waals surface area contributed by atoms with E-state index < -0.39 is 12.0 Å². The molecular formula is C20H14F3N5O4S. The van der Waals surface area contributed by atoms with E-state index >= 15 is 0 Å². The van der Waals surface area contributed by atoms with Crippen molar-refractivity contribution in [1.29, 1.82) is 0 Å². The highest BCUT2D eigenvalue weighted by molar-refractivity contribution is 7.98. The second-order valence-electron chi connectivity index (χ2n) is 6.69. The topological polar surface area (TPSA) is 112 Å². The lowest BCUT2D eigenvalue weighted by molar-refractivity contribution is -0.274. The Bertz CT molecular complexity index is 1370. The van der Waals surface area contributed by atoms with Gasteiger partial charge in [-0.15, -0.1) is 18.3 Å². The Balaban J connectivity index is 1.56. The molecule has 33 heavy (non-hydrogen) atoms. The van der Waals surface area contributed by atoms with Gasteiger partial charge in [0, 0.05) is 35.9 Å². The molecule has 0 saturated heterocycles. The van der Waals surface area contributed by atoms with E-state index in [-0.39, 0.29) is 11.7 Å². The van der Waals surface area contributed by atoms with Crippen LogP contribution in [-0.2, 0) is 10.5 Å². The zero-order valence-electron chi connectivity index (χ0n) is 16.8. The molecule has 0 saturated carbocycles. The Kier molecular flexibility index (Phi) is 6.05. The normalized spacial score (nSPS) is 11.5. The fourth-order valence-electron chi connectivity index (χ4n) is 2.99. The standard InChI is InChI=1S/C20H14F3N5O4S/c1-11(29)24-13-2-7-16-12(8-18(30)31-17(16)9-13)10-33-19-25-26-27-28(19)14-3-5-15(6-4-14)32-20(21,22)23/h2-9H,10H2,1H3,(H,24,29). The van der Waals surface area contributed by atoms with Gasteiger partial charge in [-0.3, -0.25) is 4.79 Å². The predicted molar refractivity (Wildman–Crippen MR) is 112 cm³/mol. The van der Waals surface area contributed by atoms with Crippen molar-refractivity contribution in [2.24, 2.45) is 0 Å². The van der Waals surface area contributed by atoms with Crippen molar-refractivity contribution in [3.63, 3.8) is 0 Å². The van der Waals surface area contributed by atoms with Gasteiger partial charge < -0.3 is 14.5 Å². The van der Waals surface area contributed by atoms with Crippen LogP contribution in [0.25, 0.3) is 16.7 Å². The van der Waals surface area contributed by atoms with Crippen molar-refractivity contribution in [2.45, 2.75) is 24.2 Å². The molecule has 0 aliphatic heterocycles. The molecule has 1 amide bonds. The van der Waals surface area contributed by atoms with E-state index in [1.54, 1.807) is 18.2 Å². The van der Waals surface area contributed by atoms with E-state index in [0.29, 0.717) is 38.8 Å². The van der Waals surface area contributed by atoms with Crippen molar-refractivity contribution in [3.8, 4) is 11.4 Å². The fraction of sp³-hybridized carbons (Fsp3) is 0.150. The highest BCUT2D eigenvalue weighted by Crippen LogP contribution is 2.29. The van der Waals surface area contributed by atoms with Gasteiger partial charge in [0.15, 0.2) is 0 Å². The molecule has 4 aromatic rings. The van der Waals surface area contributed by atoms with E-state index in [1.165, 1.54) is 41.6 Å². The highest BCUT2D eigenvalue weighted by atomic mass is 32.2. The first-order valence-corrected chi connectivity index (χ1v) is 10.3. The summed E-state index contributed by atoms with van der Waals surface area (Å²) in [5.41, 5.74) is 1.32. The van der Waals surface area contributed by atoms with Crippen molar-refractivity contribution < 1.29 is 27.1 Å². The Morgan fingerprint density at radius 3 is 2.64 bits per heavy atom. The summed E-state index contributed by atoms with van der Waals surface area (Å²) in [7, 11) is 0. The molecule has 9 nitrogen and oxygen atoms in total. The maximum atomic E-state index is 12.3. The van der Waals surface area contributed by atoms with Crippen LogP contribution < -0.4 is 15.7 Å². The largest absolute Gasteiger partial charge is 0.573 e. The van der Waals surface area contributed by atoms with Gasteiger partial charge in [-0.1, -0.05) is 11.8 Å². The van der Waals surface area contributed by atoms with E-state index in [1.807, 2.05) is 0 Å². The molecular weight excluding hydrogens is 463 g/mol. The number of thioether (sulfide) groups is 1. The summed E-state index contributed by atoms with van der Waals surface area (Å²) in [6.45, 7) is 1.37. The molecule has 0 aliphatic carbocycles. The SMILES string of the molecule is CC(=O)Nc1ccc2c(CSc3nnnn3-c3ccc(OC(F)(F)F)cc3)cc(=O)oc2c1. The number of rotatable bonds is 6. The number of nitrogens with one attached hydrogen (secondary N) is 1. The van der Waals surface area contributed by atoms with Crippen molar-refractivity contribution in [1.82, 2.24) is 20.2 Å². The van der Waals surface area contributed by atoms with Crippen LogP contribution in [0.2, 0.25) is 0 Å².